The Morgan fingerprint density at radius 1 is 1.00 bits per heavy atom. The van der Waals surface area contributed by atoms with Gasteiger partial charge in [-0.1, -0.05) is 17.7 Å². The van der Waals surface area contributed by atoms with E-state index in [2.05, 4.69) is 32.1 Å². The fraction of sp³-hybridized carbons (Fsp3) is 0.250. The van der Waals surface area contributed by atoms with Crippen LogP contribution in [0.1, 0.15) is 5.69 Å². The third-order valence-electron chi connectivity index (χ3n) is 3.49. The minimum Gasteiger partial charge on any atom is -0.368 e. The Labute approximate surface area is 129 Å². The molecule has 0 radical (unpaired) electrons. The molecule has 1 fully saturated rings. The predicted molar refractivity (Wildman–Crippen MR) is 87.1 cm³/mol. The van der Waals surface area contributed by atoms with Gasteiger partial charge < -0.3 is 4.90 Å². The number of hydrogen-bond donors (Lipinski definition) is 0. The molecule has 0 unspecified atom stereocenters. The molecule has 108 valence electrons. The molecule has 1 aliphatic rings. The zero-order valence-electron chi connectivity index (χ0n) is 11.7. The highest BCUT2D eigenvalue weighted by Crippen LogP contribution is 2.19. The van der Waals surface area contributed by atoms with Crippen molar-refractivity contribution in [2.24, 2.45) is 5.10 Å². The summed E-state index contributed by atoms with van der Waals surface area (Å²) in [5, 5.41) is 7.35. The third kappa shape index (κ3) is 3.73. The van der Waals surface area contributed by atoms with Crippen LogP contribution < -0.4 is 4.90 Å². The van der Waals surface area contributed by atoms with E-state index in [9.17, 15) is 0 Å². The zero-order chi connectivity index (χ0) is 14.5. The van der Waals surface area contributed by atoms with E-state index in [-0.39, 0.29) is 0 Å². The van der Waals surface area contributed by atoms with Gasteiger partial charge in [-0.25, -0.2) is 0 Å². The lowest BCUT2D eigenvalue weighted by atomic mass is 10.2. The summed E-state index contributed by atoms with van der Waals surface area (Å²) in [5.41, 5.74) is 2.10. The molecule has 0 atom stereocenters. The van der Waals surface area contributed by atoms with Crippen LogP contribution in [0.2, 0.25) is 5.02 Å². The number of piperazine rings is 1. The molecule has 1 aromatic carbocycles. The SMILES string of the molecule is Clc1ccc(N2CCN(/N=C/c3ccccn3)CC2)cc1. The third-order valence-corrected chi connectivity index (χ3v) is 3.74. The summed E-state index contributed by atoms with van der Waals surface area (Å²) in [6.07, 6.45) is 3.60. The molecule has 4 nitrogen and oxygen atoms in total. The molecule has 1 aromatic heterocycles. The van der Waals surface area contributed by atoms with Gasteiger partial charge in [0.1, 0.15) is 0 Å². The number of aromatic nitrogens is 1. The standard InChI is InChI=1S/C16H17ClN4/c17-14-4-6-16(7-5-14)20-9-11-21(12-10-20)19-13-15-3-1-2-8-18-15/h1-8,13H,9-12H2/b19-13+. The van der Waals surface area contributed by atoms with E-state index < -0.39 is 0 Å². The average molecular weight is 301 g/mol. The summed E-state index contributed by atoms with van der Waals surface area (Å²) in [7, 11) is 0. The van der Waals surface area contributed by atoms with Crippen LogP contribution in [0.15, 0.2) is 53.8 Å². The molecule has 5 heteroatoms. The normalized spacial score (nSPS) is 15.7. The van der Waals surface area contributed by atoms with Crippen molar-refractivity contribution in [1.82, 2.24) is 9.99 Å². The largest absolute Gasteiger partial charge is 0.368 e. The van der Waals surface area contributed by atoms with Gasteiger partial charge in [-0.3, -0.25) is 9.99 Å². The Hall–Kier alpha value is -2.07. The Kier molecular flexibility index (Phi) is 4.36. The van der Waals surface area contributed by atoms with Crippen molar-refractivity contribution in [3.63, 3.8) is 0 Å². The van der Waals surface area contributed by atoms with E-state index >= 15 is 0 Å². The van der Waals surface area contributed by atoms with Gasteiger partial charge in [0.2, 0.25) is 0 Å². The van der Waals surface area contributed by atoms with Gasteiger partial charge in [0.25, 0.3) is 0 Å². The molecule has 0 N–H and O–H groups in total. The Morgan fingerprint density at radius 3 is 2.43 bits per heavy atom. The number of halogens is 1. The topological polar surface area (TPSA) is 31.7 Å². The highest BCUT2D eigenvalue weighted by atomic mass is 35.5. The Bertz CT molecular complexity index is 589. The molecule has 0 amide bonds. The first kappa shape index (κ1) is 13.9. The maximum Gasteiger partial charge on any atom is 0.0830 e. The van der Waals surface area contributed by atoms with Crippen LogP contribution >= 0.6 is 11.6 Å². The smallest absolute Gasteiger partial charge is 0.0830 e. The number of pyridine rings is 1. The van der Waals surface area contributed by atoms with Gasteiger partial charge in [0.15, 0.2) is 0 Å². The fourth-order valence-corrected chi connectivity index (χ4v) is 2.44. The van der Waals surface area contributed by atoms with E-state index in [0.29, 0.717) is 0 Å². The van der Waals surface area contributed by atoms with E-state index in [1.807, 2.05) is 36.5 Å². The monoisotopic (exact) mass is 300 g/mol. The minimum absolute atomic E-state index is 0.775. The fourth-order valence-electron chi connectivity index (χ4n) is 2.31. The number of nitrogens with zero attached hydrogens (tertiary/aromatic N) is 4. The number of hydrazone groups is 1. The van der Waals surface area contributed by atoms with Crippen molar-refractivity contribution >= 4 is 23.5 Å². The first-order valence-electron chi connectivity index (χ1n) is 7.02. The van der Waals surface area contributed by atoms with Gasteiger partial charge in [-0.05, 0) is 36.4 Å². The highest BCUT2D eigenvalue weighted by molar-refractivity contribution is 6.30. The summed E-state index contributed by atoms with van der Waals surface area (Å²) in [6, 6.07) is 13.8. The van der Waals surface area contributed by atoms with Gasteiger partial charge in [-0.15, -0.1) is 0 Å². The van der Waals surface area contributed by atoms with Crippen molar-refractivity contribution in [3.8, 4) is 0 Å². The summed E-state index contributed by atoms with van der Waals surface area (Å²) in [6.45, 7) is 3.74. The lowest BCUT2D eigenvalue weighted by Crippen LogP contribution is -2.44. The van der Waals surface area contributed by atoms with Gasteiger partial charge >= 0.3 is 0 Å². The quantitative estimate of drug-likeness (QED) is 0.817. The van der Waals surface area contributed by atoms with Crippen molar-refractivity contribution < 1.29 is 0 Å². The molecular formula is C16H17ClN4. The van der Waals surface area contributed by atoms with E-state index in [4.69, 9.17) is 11.6 Å². The zero-order valence-corrected chi connectivity index (χ0v) is 12.4. The van der Waals surface area contributed by atoms with Crippen molar-refractivity contribution in [2.45, 2.75) is 0 Å². The first-order chi connectivity index (χ1) is 10.3. The number of rotatable bonds is 3. The Morgan fingerprint density at radius 2 is 1.76 bits per heavy atom. The summed E-state index contributed by atoms with van der Waals surface area (Å²) < 4.78 is 0. The number of hydrogen-bond acceptors (Lipinski definition) is 4. The lowest BCUT2D eigenvalue weighted by Gasteiger charge is -2.34. The molecular weight excluding hydrogens is 284 g/mol. The second-order valence-electron chi connectivity index (χ2n) is 4.92. The molecule has 2 aromatic rings. The summed E-state index contributed by atoms with van der Waals surface area (Å²) in [5.74, 6) is 0. The van der Waals surface area contributed by atoms with Crippen LogP contribution in [0, 0.1) is 0 Å². The van der Waals surface area contributed by atoms with Gasteiger partial charge in [0, 0.05) is 30.0 Å². The van der Waals surface area contributed by atoms with Gasteiger partial charge in [-0.2, -0.15) is 5.10 Å². The molecule has 2 heterocycles. The maximum absolute atomic E-state index is 5.92. The van der Waals surface area contributed by atoms with Crippen LogP contribution in [-0.2, 0) is 0 Å². The molecule has 3 rings (SSSR count). The molecule has 0 bridgehead atoms. The maximum atomic E-state index is 5.92. The summed E-state index contributed by atoms with van der Waals surface area (Å²) in [4.78, 5) is 6.59. The predicted octanol–water partition coefficient (Wildman–Crippen LogP) is 2.89. The molecule has 0 spiro atoms. The number of anilines is 1. The van der Waals surface area contributed by atoms with E-state index in [1.54, 1.807) is 6.20 Å². The van der Waals surface area contributed by atoms with Gasteiger partial charge in [0.05, 0.1) is 25.0 Å². The van der Waals surface area contributed by atoms with Crippen LogP contribution in [0.4, 0.5) is 5.69 Å². The van der Waals surface area contributed by atoms with Crippen LogP contribution in [0.25, 0.3) is 0 Å². The van der Waals surface area contributed by atoms with E-state index in [1.165, 1.54) is 5.69 Å². The highest BCUT2D eigenvalue weighted by Gasteiger charge is 2.15. The first-order valence-corrected chi connectivity index (χ1v) is 7.39. The van der Waals surface area contributed by atoms with Crippen molar-refractivity contribution in [2.75, 3.05) is 31.1 Å². The molecule has 1 saturated heterocycles. The van der Waals surface area contributed by atoms with E-state index in [0.717, 1.165) is 36.9 Å². The molecule has 0 aliphatic carbocycles. The van der Waals surface area contributed by atoms with Crippen molar-refractivity contribution in [1.29, 1.82) is 0 Å². The second-order valence-corrected chi connectivity index (χ2v) is 5.35. The molecule has 1 aliphatic heterocycles. The average Bonchev–Trinajstić information content (AvgIpc) is 2.55. The molecule has 21 heavy (non-hydrogen) atoms. The molecule has 0 saturated carbocycles. The second kappa shape index (κ2) is 6.59. The van der Waals surface area contributed by atoms with Crippen LogP contribution in [-0.4, -0.2) is 42.4 Å². The minimum atomic E-state index is 0.775. The number of benzene rings is 1. The van der Waals surface area contributed by atoms with Crippen LogP contribution in [0.3, 0.4) is 0 Å². The lowest BCUT2D eigenvalue weighted by molar-refractivity contribution is 0.272. The van der Waals surface area contributed by atoms with Crippen molar-refractivity contribution in [3.05, 3.63) is 59.4 Å². The van der Waals surface area contributed by atoms with Crippen LogP contribution in [0.5, 0.6) is 0 Å². The Balaban J connectivity index is 1.55. The summed E-state index contributed by atoms with van der Waals surface area (Å²) >= 11 is 5.92.